The van der Waals surface area contributed by atoms with Crippen molar-refractivity contribution in [3.05, 3.63) is 65.7 Å². The molecule has 2 aromatic carbocycles. The van der Waals surface area contributed by atoms with E-state index in [1.54, 1.807) is 4.90 Å². The molecule has 0 bridgehead atoms. The number of hydrogen-bond donors (Lipinski definition) is 3. The van der Waals surface area contributed by atoms with Crippen molar-refractivity contribution >= 4 is 17.4 Å². The van der Waals surface area contributed by atoms with Gasteiger partial charge in [-0.1, -0.05) is 42.5 Å². The van der Waals surface area contributed by atoms with Gasteiger partial charge in [-0.05, 0) is 37.0 Å². The summed E-state index contributed by atoms with van der Waals surface area (Å²) in [5.74, 6) is 0.635. The molecule has 3 rings (SSSR count). The first-order valence-corrected chi connectivity index (χ1v) is 9.30. The number of amides is 1. The fraction of sp³-hybridized carbons (Fsp3) is 0.333. The lowest BCUT2D eigenvalue weighted by Gasteiger charge is -2.26. The van der Waals surface area contributed by atoms with Gasteiger partial charge in [0.25, 0.3) is 0 Å². The first-order valence-electron chi connectivity index (χ1n) is 9.30. The first kappa shape index (κ1) is 18.9. The summed E-state index contributed by atoms with van der Waals surface area (Å²) in [5.41, 5.74) is 14.8. The number of nitrogens with two attached hydrogens (primary N) is 2. The molecule has 0 spiro atoms. The number of nitrogens with zero attached hydrogens (tertiary/aromatic N) is 2. The summed E-state index contributed by atoms with van der Waals surface area (Å²) >= 11 is 0. The Hall–Kier alpha value is -2.86. The summed E-state index contributed by atoms with van der Waals surface area (Å²) in [7, 11) is 1.81. The SMILES string of the molecule is CNC(=NC1CCCN1C(=O)C(N)Cc1ccccc1)c1ccccc1N. The lowest BCUT2D eigenvalue weighted by Crippen LogP contribution is -2.47. The summed E-state index contributed by atoms with van der Waals surface area (Å²) in [6, 6.07) is 16.9. The molecule has 1 amide bonds. The number of hydrogen-bond acceptors (Lipinski definition) is 4. The molecule has 6 nitrogen and oxygen atoms in total. The van der Waals surface area contributed by atoms with Gasteiger partial charge < -0.3 is 21.7 Å². The third-order valence-corrected chi connectivity index (χ3v) is 4.85. The van der Waals surface area contributed by atoms with E-state index in [-0.39, 0.29) is 12.1 Å². The second-order valence-electron chi connectivity index (χ2n) is 6.77. The largest absolute Gasteiger partial charge is 0.398 e. The van der Waals surface area contributed by atoms with E-state index in [0.29, 0.717) is 24.5 Å². The molecule has 1 heterocycles. The molecule has 0 aliphatic carbocycles. The Morgan fingerprint density at radius 2 is 1.93 bits per heavy atom. The van der Waals surface area contributed by atoms with Crippen molar-refractivity contribution in [2.75, 3.05) is 19.3 Å². The van der Waals surface area contributed by atoms with Crippen LogP contribution >= 0.6 is 0 Å². The number of nitrogen functional groups attached to an aromatic ring is 1. The highest BCUT2D eigenvalue weighted by Gasteiger charge is 2.32. The van der Waals surface area contributed by atoms with Gasteiger partial charge in [0, 0.05) is 24.8 Å². The van der Waals surface area contributed by atoms with Crippen LogP contribution in [0.4, 0.5) is 5.69 Å². The molecule has 27 heavy (non-hydrogen) atoms. The summed E-state index contributed by atoms with van der Waals surface area (Å²) in [6.45, 7) is 0.677. The zero-order valence-corrected chi connectivity index (χ0v) is 15.6. The van der Waals surface area contributed by atoms with Crippen LogP contribution in [0.25, 0.3) is 0 Å². The molecule has 2 unspecified atom stereocenters. The van der Waals surface area contributed by atoms with Gasteiger partial charge in [-0.3, -0.25) is 4.79 Å². The van der Waals surface area contributed by atoms with Gasteiger partial charge in [0.2, 0.25) is 5.91 Å². The maximum absolute atomic E-state index is 12.9. The van der Waals surface area contributed by atoms with Crippen LogP contribution < -0.4 is 16.8 Å². The predicted molar refractivity (Wildman–Crippen MR) is 109 cm³/mol. The average Bonchev–Trinajstić information content (AvgIpc) is 3.15. The lowest BCUT2D eigenvalue weighted by molar-refractivity contribution is -0.133. The highest BCUT2D eigenvalue weighted by atomic mass is 16.2. The predicted octanol–water partition coefficient (Wildman–Crippen LogP) is 1.75. The molecule has 6 heteroatoms. The Bertz CT molecular complexity index is 805. The van der Waals surface area contributed by atoms with Crippen LogP contribution in [0.1, 0.15) is 24.0 Å². The number of aliphatic imine (C=N–C) groups is 1. The molecule has 5 N–H and O–H groups in total. The Balaban J connectivity index is 1.76. The minimum atomic E-state index is -0.567. The second-order valence-corrected chi connectivity index (χ2v) is 6.77. The van der Waals surface area contributed by atoms with E-state index in [9.17, 15) is 4.79 Å². The van der Waals surface area contributed by atoms with Gasteiger partial charge in [-0.15, -0.1) is 0 Å². The quantitative estimate of drug-likeness (QED) is 0.427. The monoisotopic (exact) mass is 365 g/mol. The normalized spacial score (nSPS) is 18.4. The fourth-order valence-electron chi connectivity index (χ4n) is 3.44. The van der Waals surface area contributed by atoms with E-state index in [1.807, 2.05) is 61.6 Å². The molecular weight excluding hydrogens is 338 g/mol. The average molecular weight is 365 g/mol. The Morgan fingerprint density at radius 3 is 2.63 bits per heavy atom. The zero-order valence-electron chi connectivity index (χ0n) is 15.6. The molecule has 0 saturated carbocycles. The molecule has 1 fully saturated rings. The van der Waals surface area contributed by atoms with Crippen molar-refractivity contribution in [2.24, 2.45) is 10.7 Å². The summed E-state index contributed by atoms with van der Waals surface area (Å²) in [4.78, 5) is 19.5. The van der Waals surface area contributed by atoms with Crippen molar-refractivity contribution in [1.82, 2.24) is 10.2 Å². The van der Waals surface area contributed by atoms with Gasteiger partial charge in [0.15, 0.2) is 0 Å². The van der Waals surface area contributed by atoms with Crippen LogP contribution in [0.5, 0.6) is 0 Å². The number of carbonyl (C=O) groups is 1. The van der Waals surface area contributed by atoms with Gasteiger partial charge in [-0.25, -0.2) is 4.99 Å². The van der Waals surface area contributed by atoms with Crippen molar-refractivity contribution in [3.8, 4) is 0 Å². The van der Waals surface area contributed by atoms with Crippen LogP contribution in [0, 0.1) is 0 Å². The number of nitrogens with one attached hydrogen (secondary N) is 1. The number of para-hydroxylation sites is 1. The van der Waals surface area contributed by atoms with E-state index in [0.717, 1.165) is 24.0 Å². The fourth-order valence-corrected chi connectivity index (χ4v) is 3.44. The second kappa shape index (κ2) is 8.68. The van der Waals surface area contributed by atoms with E-state index >= 15 is 0 Å². The third kappa shape index (κ3) is 4.46. The maximum atomic E-state index is 12.9. The van der Waals surface area contributed by atoms with Crippen LogP contribution in [-0.2, 0) is 11.2 Å². The van der Waals surface area contributed by atoms with E-state index in [4.69, 9.17) is 16.5 Å². The van der Waals surface area contributed by atoms with Gasteiger partial charge in [-0.2, -0.15) is 0 Å². The van der Waals surface area contributed by atoms with Gasteiger partial charge in [0.05, 0.1) is 6.04 Å². The number of anilines is 1. The molecule has 2 aromatic rings. The summed E-state index contributed by atoms with van der Waals surface area (Å²) < 4.78 is 0. The van der Waals surface area contributed by atoms with E-state index in [2.05, 4.69) is 5.32 Å². The van der Waals surface area contributed by atoms with Crippen molar-refractivity contribution in [2.45, 2.75) is 31.5 Å². The van der Waals surface area contributed by atoms with Crippen LogP contribution in [0.3, 0.4) is 0 Å². The molecule has 1 aliphatic rings. The molecule has 1 aliphatic heterocycles. The molecule has 142 valence electrons. The van der Waals surface area contributed by atoms with Crippen LogP contribution in [-0.4, -0.2) is 42.4 Å². The van der Waals surface area contributed by atoms with Crippen LogP contribution in [0.15, 0.2) is 59.6 Å². The van der Waals surface area contributed by atoms with Crippen LogP contribution in [0.2, 0.25) is 0 Å². The summed E-state index contributed by atoms with van der Waals surface area (Å²) in [5, 5.41) is 3.12. The number of benzene rings is 2. The highest BCUT2D eigenvalue weighted by molar-refractivity contribution is 6.03. The highest BCUT2D eigenvalue weighted by Crippen LogP contribution is 2.21. The Labute approximate surface area is 160 Å². The number of rotatable bonds is 5. The number of carbonyl (C=O) groups excluding carboxylic acids is 1. The molecule has 2 atom stereocenters. The van der Waals surface area contributed by atoms with Gasteiger partial charge in [0.1, 0.15) is 12.0 Å². The zero-order chi connectivity index (χ0) is 19.2. The first-order chi connectivity index (χ1) is 13.1. The van der Waals surface area contributed by atoms with Crippen molar-refractivity contribution in [3.63, 3.8) is 0 Å². The summed E-state index contributed by atoms with van der Waals surface area (Å²) in [6.07, 6.45) is 2.04. The van der Waals surface area contributed by atoms with Crippen molar-refractivity contribution in [1.29, 1.82) is 0 Å². The molecule has 0 aromatic heterocycles. The van der Waals surface area contributed by atoms with E-state index < -0.39 is 6.04 Å². The molecule has 0 radical (unpaired) electrons. The minimum Gasteiger partial charge on any atom is -0.398 e. The molecule has 1 saturated heterocycles. The van der Waals surface area contributed by atoms with Gasteiger partial charge >= 0.3 is 0 Å². The minimum absolute atomic E-state index is 0.0541. The lowest BCUT2D eigenvalue weighted by atomic mass is 10.1. The van der Waals surface area contributed by atoms with Crippen molar-refractivity contribution < 1.29 is 4.79 Å². The Morgan fingerprint density at radius 1 is 1.22 bits per heavy atom. The van der Waals surface area contributed by atoms with E-state index in [1.165, 1.54) is 0 Å². The number of likely N-dealkylation sites (tertiary alicyclic amines) is 1. The Kier molecular flexibility index (Phi) is 6.08. The smallest absolute Gasteiger partial charge is 0.241 e. The standard InChI is InChI=1S/C21H27N5O/c1-24-20(16-10-5-6-11-17(16)22)25-19-12-7-13-26(19)21(27)18(23)14-15-8-3-2-4-9-15/h2-6,8-11,18-19H,7,12-14,22-23H2,1H3,(H,24,25). The molecular formula is C21H27N5O. The third-order valence-electron chi connectivity index (χ3n) is 4.85. The number of amidine groups is 1. The maximum Gasteiger partial charge on any atom is 0.241 e. The topological polar surface area (TPSA) is 96.7 Å².